The minimum atomic E-state index is 0.466. The minimum Gasteiger partial charge on any atom is -0.384 e. The molecule has 54 valence electrons. The molecule has 0 radical (unpaired) electrons. The van der Waals surface area contributed by atoms with Crippen LogP contribution in [0.25, 0.3) is 0 Å². The van der Waals surface area contributed by atoms with Crippen molar-refractivity contribution in [3.8, 4) is 0 Å². The first-order valence-corrected chi connectivity index (χ1v) is 3.30. The lowest BCUT2D eigenvalue weighted by atomic mass is 10.2. The molecule has 1 aliphatic rings. The van der Waals surface area contributed by atoms with Crippen LogP contribution in [0.4, 0.5) is 5.82 Å². The van der Waals surface area contributed by atoms with Crippen molar-refractivity contribution in [2.24, 2.45) is 7.05 Å². The van der Waals surface area contributed by atoms with E-state index in [0.29, 0.717) is 6.04 Å². The average Bonchev–Trinajstić information content (AvgIpc) is 2.67. The fourth-order valence-electron chi connectivity index (χ4n) is 1.01. The molecule has 2 heterocycles. The van der Waals surface area contributed by atoms with E-state index >= 15 is 0 Å². The summed E-state index contributed by atoms with van der Waals surface area (Å²) in [5.74, 6) is 0.773. The molecule has 0 aliphatic carbocycles. The van der Waals surface area contributed by atoms with E-state index in [1.165, 1.54) is 0 Å². The third kappa shape index (κ3) is 0.690. The summed E-state index contributed by atoms with van der Waals surface area (Å²) in [6, 6.07) is 0.466. The first-order valence-electron chi connectivity index (χ1n) is 3.30. The number of aryl methyl sites for hydroxylation is 1. The van der Waals surface area contributed by atoms with Gasteiger partial charge >= 0.3 is 0 Å². The van der Waals surface area contributed by atoms with Gasteiger partial charge in [-0.15, -0.1) is 0 Å². The van der Waals surface area contributed by atoms with Crippen LogP contribution in [-0.2, 0) is 7.05 Å². The van der Waals surface area contributed by atoms with Crippen LogP contribution in [0.1, 0.15) is 11.6 Å². The predicted octanol–water partition coefficient (Wildman–Crippen LogP) is -0.353. The summed E-state index contributed by atoms with van der Waals surface area (Å²) in [4.78, 5) is 0. The smallest absolute Gasteiger partial charge is 0.126 e. The summed E-state index contributed by atoms with van der Waals surface area (Å²) >= 11 is 0. The standard InChI is InChI=1S/C6H10N4/c1-10-6(7)4(2-9-10)5-3-8-5/h2,5,8H,3,7H2,1H3. The lowest BCUT2D eigenvalue weighted by Crippen LogP contribution is -1.99. The monoisotopic (exact) mass is 138 g/mol. The van der Waals surface area contributed by atoms with E-state index in [9.17, 15) is 0 Å². The molecule has 2 rings (SSSR count). The Labute approximate surface area is 59.0 Å². The highest BCUT2D eigenvalue weighted by Gasteiger charge is 2.26. The molecule has 10 heavy (non-hydrogen) atoms. The van der Waals surface area contributed by atoms with Crippen molar-refractivity contribution in [3.05, 3.63) is 11.8 Å². The third-order valence-electron chi connectivity index (χ3n) is 1.80. The number of nitrogen functional groups attached to an aromatic ring is 1. The molecule has 4 nitrogen and oxygen atoms in total. The van der Waals surface area contributed by atoms with E-state index in [1.54, 1.807) is 4.68 Å². The Morgan fingerprint density at radius 2 is 2.60 bits per heavy atom. The molecular formula is C6H10N4. The summed E-state index contributed by atoms with van der Waals surface area (Å²) in [7, 11) is 1.85. The number of anilines is 1. The third-order valence-corrected chi connectivity index (χ3v) is 1.80. The number of nitrogens with two attached hydrogens (primary N) is 1. The van der Waals surface area contributed by atoms with Gasteiger partial charge in [0.15, 0.2) is 0 Å². The Bertz CT molecular complexity index is 248. The molecule has 0 saturated carbocycles. The first kappa shape index (κ1) is 5.73. The van der Waals surface area contributed by atoms with Crippen LogP contribution in [0.5, 0.6) is 0 Å². The predicted molar refractivity (Wildman–Crippen MR) is 38.4 cm³/mol. The molecule has 1 aromatic heterocycles. The van der Waals surface area contributed by atoms with E-state index in [0.717, 1.165) is 17.9 Å². The second kappa shape index (κ2) is 1.73. The highest BCUT2D eigenvalue weighted by molar-refractivity contribution is 5.42. The van der Waals surface area contributed by atoms with E-state index < -0.39 is 0 Å². The molecule has 4 heteroatoms. The van der Waals surface area contributed by atoms with Crippen LogP contribution in [0.2, 0.25) is 0 Å². The van der Waals surface area contributed by atoms with Gasteiger partial charge in [-0.25, -0.2) is 0 Å². The summed E-state index contributed by atoms with van der Waals surface area (Å²) in [6.07, 6.45) is 1.82. The zero-order valence-corrected chi connectivity index (χ0v) is 5.83. The second-order valence-electron chi connectivity index (χ2n) is 2.57. The van der Waals surface area contributed by atoms with Gasteiger partial charge in [-0.1, -0.05) is 0 Å². The van der Waals surface area contributed by atoms with Crippen LogP contribution >= 0.6 is 0 Å². The lowest BCUT2D eigenvalue weighted by Gasteiger charge is -1.94. The van der Waals surface area contributed by atoms with Crippen LogP contribution in [0.3, 0.4) is 0 Å². The molecule has 0 spiro atoms. The molecule has 3 N–H and O–H groups in total. The number of rotatable bonds is 1. The number of nitrogens with zero attached hydrogens (tertiary/aromatic N) is 2. The van der Waals surface area contributed by atoms with Crippen molar-refractivity contribution in [1.29, 1.82) is 0 Å². The summed E-state index contributed by atoms with van der Waals surface area (Å²) in [5, 5.41) is 7.20. The molecule has 0 aromatic carbocycles. The van der Waals surface area contributed by atoms with E-state index in [1.807, 2.05) is 13.2 Å². The van der Waals surface area contributed by atoms with Crippen molar-refractivity contribution in [3.63, 3.8) is 0 Å². The van der Waals surface area contributed by atoms with Crippen LogP contribution < -0.4 is 11.1 Å². The van der Waals surface area contributed by atoms with Crippen LogP contribution in [0, 0.1) is 0 Å². The Balaban J connectivity index is 2.40. The minimum absolute atomic E-state index is 0.466. The Hall–Kier alpha value is -1.03. The normalized spacial score (nSPS) is 23.1. The lowest BCUT2D eigenvalue weighted by molar-refractivity contribution is 0.778. The van der Waals surface area contributed by atoms with E-state index in [4.69, 9.17) is 5.73 Å². The highest BCUT2D eigenvalue weighted by atomic mass is 15.3. The zero-order chi connectivity index (χ0) is 7.14. The van der Waals surface area contributed by atoms with Gasteiger partial charge in [0.25, 0.3) is 0 Å². The highest BCUT2D eigenvalue weighted by Crippen LogP contribution is 2.25. The number of nitrogens with one attached hydrogen (secondary N) is 1. The fourth-order valence-corrected chi connectivity index (χ4v) is 1.01. The second-order valence-corrected chi connectivity index (χ2v) is 2.57. The van der Waals surface area contributed by atoms with Crippen LogP contribution in [-0.4, -0.2) is 16.3 Å². The SMILES string of the molecule is Cn1ncc(C2CN2)c1N. The Kier molecular flexibility index (Phi) is 0.990. The van der Waals surface area contributed by atoms with Gasteiger partial charge in [0, 0.05) is 25.2 Å². The molecule has 1 aliphatic heterocycles. The van der Waals surface area contributed by atoms with E-state index in [2.05, 4.69) is 10.4 Å². The number of aromatic nitrogens is 2. The molecule has 1 fully saturated rings. The molecule has 1 atom stereocenters. The average molecular weight is 138 g/mol. The van der Waals surface area contributed by atoms with Gasteiger partial charge in [-0.05, 0) is 0 Å². The zero-order valence-electron chi connectivity index (χ0n) is 5.83. The number of hydrogen-bond acceptors (Lipinski definition) is 3. The summed E-state index contributed by atoms with van der Waals surface area (Å²) in [5.41, 5.74) is 6.83. The van der Waals surface area contributed by atoms with Crippen LogP contribution in [0.15, 0.2) is 6.20 Å². The van der Waals surface area contributed by atoms with Gasteiger partial charge in [-0.3, -0.25) is 4.68 Å². The van der Waals surface area contributed by atoms with Crippen molar-refractivity contribution < 1.29 is 0 Å². The molecule has 1 unspecified atom stereocenters. The molecular weight excluding hydrogens is 128 g/mol. The Morgan fingerprint density at radius 1 is 1.90 bits per heavy atom. The topological polar surface area (TPSA) is 65.8 Å². The van der Waals surface area contributed by atoms with Gasteiger partial charge in [-0.2, -0.15) is 5.10 Å². The fraction of sp³-hybridized carbons (Fsp3) is 0.500. The summed E-state index contributed by atoms with van der Waals surface area (Å²) < 4.78 is 1.69. The van der Waals surface area contributed by atoms with Gasteiger partial charge in [0.05, 0.1) is 6.20 Å². The summed E-state index contributed by atoms with van der Waals surface area (Å²) in [6.45, 7) is 1.04. The maximum Gasteiger partial charge on any atom is 0.126 e. The largest absolute Gasteiger partial charge is 0.384 e. The maximum atomic E-state index is 5.70. The van der Waals surface area contributed by atoms with Crippen molar-refractivity contribution >= 4 is 5.82 Å². The maximum absolute atomic E-state index is 5.70. The van der Waals surface area contributed by atoms with Gasteiger partial charge in [0.2, 0.25) is 0 Å². The molecule has 1 aromatic rings. The quantitative estimate of drug-likeness (QED) is 0.521. The van der Waals surface area contributed by atoms with Crippen molar-refractivity contribution in [2.75, 3.05) is 12.3 Å². The molecule has 0 amide bonds. The van der Waals surface area contributed by atoms with Gasteiger partial charge < -0.3 is 11.1 Å². The first-order chi connectivity index (χ1) is 4.79. The Morgan fingerprint density at radius 3 is 3.00 bits per heavy atom. The van der Waals surface area contributed by atoms with Gasteiger partial charge in [0.1, 0.15) is 5.82 Å². The molecule has 1 saturated heterocycles. The van der Waals surface area contributed by atoms with Crippen molar-refractivity contribution in [1.82, 2.24) is 15.1 Å². The number of hydrogen-bond donors (Lipinski definition) is 2. The van der Waals surface area contributed by atoms with E-state index in [-0.39, 0.29) is 0 Å². The molecule has 0 bridgehead atoms. The van der Waals surface area contributed by atoms with Crippen molar-refractivity contribution in [2.45, 2.75) is 6.04 Å².